The largest absolute Gasteiger partial charge is 0.278 e. The molecule has 3 nitrogen and oxygen atoms in total. The molecule has 0 fully saturated rings. The van der Waals surface area contributed by atoms with Crippen LogP contribution >= 0.6 is 0 Å². The molecule has 1 aliphatic rings. The number of benzene rings is 6. The number of hydrogen-bond donors (Lipinski definition) is 0. The molecule has 0 aliphatic heterocycles. The number of aromatic nitrogens is 3. The van der Waals surface area contributed by atoms with Gasteiger partial charge in [-0.2, -0.15) is 0 Å². The van der Waals surface area contributed by atoms with E-state index in [1.165, 1.54) is 44.5 Å². The zero-order valence-corrected chi connectivity index (χ0v) is 25.3. The minimum atomic E-state index is 0.907. The second-order valence-electron chi connectivity index (χ2n) is 12.0. The third kappa shape index (κ3) is 4.48. The lowest BCUT2D eigenvalue weighted by Crippen LogP contribution is -1.97. The van der Waals surface area contributed by atoms with Crippen molar-refractivity contribution in [1.29, 1.82) is 0 Å². The molecule has 0 unspecified atom stereocenters. The molecule has 0 spiro atoms. The third-order valence-electron chi connectivity index (χ3n) is 9.12. The Morgan fingerprint density at radius 1 is 0.457 bits per heavy atom. The first-order valence-electron chi connectivity index (χ1n) is 16.0. The third-order valence-corrected chi connectivity index (χ3v) is 9.12. The smallest absolute Gasteiger partial charge is 0.220 e. The lowest BCUT2D eigenvalue weighted by molar-refractivity contribution is 1.04. The van der Waals surface area contributed by atoms with Crippen molar-refractivity contribution in [2.75, 3.05) is 0 Å². The van der Waals surface area contributed by atoms with Crippen LogP contribution in [0.2, 0.25) is 0 Å². The number of rotatable bonds is 5. The van der Waals surface area contributed by atoms with Gasteiger partial charge in [-0.1, -0.05) is 121 Å². The Labute approximate surface area is 268 Å². The molecule has 2 heterocycles. The molecular formula is C43H31N3. The van der Waals surface area contributed by atoms with Crippen LogP contribution in [0.4, 0.5) is 0 Å². The van der Waals surface area contributed by atoms with Crippen LogP contribution in [0.15, 0.2) is 164 Å². The van der Waals surface area contributed by atoms with Gasteiger partial charge in [-0.3, -0.25) is 8.97 Å². The Kier molecular flexibility index (Phi) is 6.27. The number of allylic oxidation sites excluding steroid dienone is 4. The summed E-state index contributed by atoms with van der Waals surface area (Å²) in [5.41, 5.74) is 15.0. The number of imidazole rings is 2. The molecule has 2 aromatic heterocycles. The average Bonchev–Trinajstić information content (AvgIpc) is 3.66. The van der Waals surface area contributed by atoms with Gasteiger partial charge in [0.15, 0.2) is 0 Å². The summed E-state index contributed by atoms with van der Waals surface area (Å²) in [6.07, 6.45) is 9.02. The number of nitrogens with zero attached hydrogens (tertiary/aromatic N) is 3. The van der Waals surface area contributed by atoms with Gasteiger partial charge in [0.1, 0.15) is 0 Å². The lowest BCUT2D eigenvalue weighted by Gasteiger charge is -2.13. The molecule has 8 aromatic rings. The van der Waals surface area contributed by atoms with Gasteiger partial charge in [0.25, 0.3) is 0 Å². The molecule has 46 heavy (non-hydrogen) atoms. The average molecular weight is 590 g/mol. The van der Waals surface area contributed by atoms with Gasteiger partial charge in [-0.15, -0.1) is 0 Å². The number of fused-ring (bicyclic) bond motifs is 5. The van der Waals surface area contributed by atoms with E-state index >= 15 is 0 Å². The summed E-state index contributed by atoms with van der Waals surface area (Å²) in [6.45, 7) is 0. The van der Waals surface area contributed by atoms with Crippen LogP contribution in [0.3, 0.4) is 0 Å². The van der Waals surface area contributed by atoms with E-state index in [4.69, 9.17) is 4.98 Å². The second kappa shape index (κ2) is 10.9. The molecule has 1 aliphatic carbocycles. The van der Waals surface area contributed by atoms with Crippen LogP contribution in [-0.2, 0) is 0 Å². The first-order chi connectivity index (χ1) is 22.8. The fraction of sp³-hybridized carbons (Fsp3) is 0.0465. The van der Waals surface area contributed by atoms with E-state index in [0.29, 0.717) is 0 Å². The van der Waals surface area contributed by atoms with Crippen LogP contribution in [0.5, 0.6) is 0 Å². The molecule has 0 saturated carbocycles. The maximum atomic E-state index is 5.37. The van der Waals surface area contributed by atoms with E-state index < -0.39 is 0 Å². The normalized spacial score (nSPS) is 13.1. The molecule has 0 bridgehead atoms. The summed E-state index contributed by atoms with van der Waals surface area (Å²) in [6, 6.07) is 52.4. The second-order valence-corrected chi connectivity index (χ2v) is 12.0. The van der Waals surface area contributed by atoms with Crippen LogP contribution < -0.4 is 0 Å². The highest BCUT2D eigenvalue weighted by atomic mass is 15.2. The van der Waals surface area contributed by atoms with E-state index in [0.717, 1.165) is 46.4 Å². The quantitative estimate of drug-likeness (QED) is 0.196. The van der Waals surface area contributed by atoms with Gasteiger partial charge in [0.2, 0.25) is 5.78 Å². The number of hydrogen-bond acceptors (Lipinski definition) is 1. The Morgan fingerprint density at radius 3 is 1.70 bits per heavy atom. The van der Waals surface area contributed by atoms with Crippen LogP contribution in [0.1, 0.15) is 18.4 Å². The van der Waals surface area contributed by atoms with E-state index in [-0.39, 0.29) is 0 Å². The molecule has 0 N–H and O–H groups in total. The van der Waals surface area contributed by atoms with Crippen molar-refractivity contribution >= 4 is 33.4 Å². The van der Waals surface area contributed by atoms with Gasteiger partial charge >= 0.3 is 0 Å². The van der Waals surface area contributed by atoms with E-state index in [1.807, 2.05) is 0 Å². The minimum absolute atomic E-state index is 0.907. The van der Waals surface area contributed by atoms with Crippen molar-refractivity contribution in [3.8, 4) is 39.1 Å². The maximum Gasteiger partial charge on any atom is 0.220 e. The molecule has 0 saturated heterocycles. The summed E-state index contributed by atoms with van der Waals surface area (Å²) >= 11 is 0. The highest BCUT2D eigenvalue weighted by Crippen LogP contribution is 2.36. The first-order valence-corrected chi connectivity index (χ1v) is 16.0. The molecular weight excluding hydrogens is 558 g/mol. The summed E-state index contributed by atoms with van der Waals surface area (Å²) in [4.78, 5) is 5.37. The first kappa shape index (κ1) is 26.5. The van der Waals surface area contributed by atoms with E-state index in [9.17, 15) is 0 Å². The van der Waals surface area contributed by atoms with Gasteiger partial charge in [-0.05, 0) is 99.8 Å². The monoisotopic (exact) mass is 589 g/mol. The topological polar surface area (TPSA) is 22.2 Å². The SMILES string of the molecule is C1=CC(c2ccc3c(c2)nc2n(-c4cc(-c5ccccc5)cc(-c5ccccc5)c4)c4cc(-c5ccccc5)ccc4n32)=CCC1. The predicted octanol–water partition coefficient (Wildman–Crippen LogP) is 11.2. The van der Waals surface area contributed by atoms with Crippen molar-refractivity contribution in [2.45, 2.75) is 12.8 Å². The minimum Gasteiger partial charge on any atom is -0.278 e. The zero-order chi connectivity index (χ0) is 30.5. The molecule has 6 aromatic carbocycles. The summed E-state index contributed by atoms with van der Waals surface area (Å²) in [5, 5.41) is 0. The standard InChI is InChI=1S/C43H31N3/c1-5-13-30(14-6-1)34-21-23-40-39(28-34)44-43-45(42-29-35(22-24-41(42)46(40)43)31-15-7-2-8-16-31)38-26-36(32-17-9-3-10-18-32)25-37(27-38)33-19-11-4-12-20-33/h2-5,7-29H,1,6H2. The molecule has 0 amide bonds. The van der Waals surface area contributed by atoms with Gasteiger partial charge < -0.3 is 0 Å². The van der Waals surface area contributed by atoms with Crippen molar-refractivity contribution in [3.05, 3.63) is 169 Å². The van der Waals surface area contributed by atoms with Gasteiger partial charge in [-0.25, -0.2) is 4.98 Å². The van der Waals surface area contributed by atoms with E-state index in [1.54, 1.807) is 0 Å². The molecule has 9 rings (SSSR count). The Balaban J connectivity index is 1.35. The van der Waals surface area contributed by atoms with Crippen molar-refractivity contribution in [2.24, 2.45) is 0 Å². The summed E-state index contributed by atoms with van der Waals surface area (Å²) in [7, 11) is 0. The van der Waals surface area contributed by atoms with Crippen molar-refractivity contribution < 1.29 is 0 Å². The Hall–Kier alpha value is -5.93. The van der Waals surface area contributed by atoms with Gasteiger partial charge in [0.05, 0.1) is 27.8 Å². The summed E-state index contributed by atoms with van der Waals surface area (Å²) in [5.74, 6) is 0.907. The highest BCUT2D eigenvalue weighted by molar-refractivity contribution is 5.96. The lowest BCUT2D eigenvalue weighted by atomic mass is 9.98. The highest BCUT2D eigenvalue weighted by Gasteiger charge is 2.20. The van der Waals surface area contributed by atoms with Crippen molar-refractivity contribution in [3.63, 3.8) is 0 Å². The van der Waals surface area contributed by atoms with Crippen molar-refractivity contribution in [1.82, 2.24) is 14.0 Å². The molecule has 3 heteroatoms. The Morgan fingerprint density at radius 2 is 1.07 bits per heavy atom. The van der Waals surface area contributed by atoms with Crippen LogP contribution in [-0.4, -0.2) is 14.0 Å². The fourth-order valence-corrected chi connectivity index (χ4v) is 6.86. The van der Waals surface area contributed by atoms with E-state index in [2.05, 4.69) is 173 Å². The van der Waals surface area contributed by atoms with Gasteiger partial charge in [0, 0.05) is 0 Å². The molecule has 218 valence electrons. The molecule has 0 radical (unpaired) electrons. The predicted molar refractivity (Wildman–Crippen MR) is 192 cm³/mol. The fourth-order valence-electron chi connectivity index (χ4n) is 6.86. The van der Waals surface area contributed by atoms with Crippen LogP contribution in [0.25, 0.3) is 72.5 Å². The Bertz CT molecular complexity index is 2390. The van der Waals surface area contributed by atoms with Crippen LogP contribution in [0, 0.1) is 0 Å². The summed E-state index contributed by atoms with van der Waals surface area (Å²) < 4.78 is 4.67. The maximum absolute atomic E-state index is 5.37. The molecule has 0 atom stereocenters. The zero-order valence-electron chi connectivity index (χ0n) is 25.3.